The van der Waals surface area contributed by atoms with E-state index < -0.39 is 5.82 Å². The summed E-state index contributed by atoms with van der Waals surface area (Å²) in [6.45, 7) is 1.70. The van der Waals surface area contributed by atoms with Gasteiger partial charge in [0.15, 0.2) is 0 Å². The molecule has 0 aliphatic carbocycles. The van der Waals surface area contributed by atoms with Gasteiger partial charge in [0.05, 0.1) is 5.02 Å². The molecular formula is C11H8ClFN2O. The van der Waals surface area contributed by atoms with Crippen molar-refractivity contribution in [1.82, 2.24) is 9.97 Å². The molecule has 1 aromatic carbocycles. The van der Waals surface area contributed by atoms with Gasteiger partial charge in [-0.2, -0.15) is 0 Å². The summed E-state index contributed by atoms with van der Waals surface area (Å²) in [6.07, 6.45) is 0. The highest BCUT2D eigenvalue weighted by molar-refractivity contribution is 6.30. The number of nitrogens with zero attached hydrogens (tertiary/aromatic N) is 1. The van der Waals surface area contributed by atoms with Crippen LogP contribution in [0.25, 0.3) is 11.4 Å². The molecule has 2 aromatic rings. The molecular weight excluding hydrogens is 231 g/mol. The minimum absolute atomic E-state index is 0.0405. The third-order valence-electron chi connectivity index (χ3n) is 2.06. The van der Waals surface area contributed by atoms with E-state index in [0.29, 0.717) is 17.1 Å². The largest absolute Gasteiger partial charge is 0.307 e. The van der Waals surface area contributed by atoms with Crippen molar-refractivity contribution in [3.05, 3.63) is 51.2 Å². The molecule has 1 N–H and O–H groups in total. The number of halogens is 2. The standard InChI is InChI=1S/C11H8ClFN2O/c1-6-4-10(16)15-11(14-6)7-2-3-8(12)9(13)5-7/h2-5H,1H3,(H,14,15,16). The highest BCUT2D eigenvalue weighted by Crippen LogP contribution is 2.20. The fourth-order valence-electron chi connectivity index (χ4n) is 1.36. The van der Waals surface area contributed by atoms with E-state index in [1.807, 2.05) is 0 Å². The molecule has 2 rings (SSSR count). The fraction of sp³-hybridized carbons (Fsp3) is 0.0909. The van der Waals surface area contributed by atoms with Crippen molar-refractivity contribution >= 4 is 11.6 Å². The maximum Gasteiger partial charge on any atom is 0.251 e. The number of H-pyrrole nitrogens is 1. The Hall–Kier alpha value is -1.68. The van der Waals surface area contributed by atoms with E-state index in [0.717, 1.165) is 0 Å². The molecule has 0 aliphatic rings. The van der Waals surface area contributed by atoms with Gasteiger partial charge in [0.25, 0.3) is 5.56 Å². The van der Waals surface area contributed by atoms with Gasteiger partial charge in [-0.25, -0.2) is 9.37 Å². The second kappa shape index (κ2) is 4.06. The van der Waals surface area contributed by atoms with E-state index in [1.165, 1.54) is 18.2 Å². The topological polar surface area (TPSA) is 45.8 Å². The first-order valence-electron chi connectivity index (χ1n) is 4.59. The molecule has 16 heavy (non-hydrogen) atoms. The predicted molar refractivity (Wildman–Crippen MR) is 60.0 cm³/mol. The summed E-state index contributed by atoms with van der Waals surface area (Å²) in [7, 11) is 0. The average Bonchev–Trinajstić information content (AvgIpc) is 2.20. The SMILES string of the molecule is Cc1cc(=O)[nH]c(-c2ccc(Cl)c(F)c2)n1. The van der Waals surface area contributed by atoms with Crippen LogP contribution < -0.4 is 5.56 Å². The van der Waals surface area contributed by atoms with Crippen molar-refractivity contribution in [2.75, 3.05) is 0 Å². The zero-order valence-electron chi connectivity index (χ0n) is 8.42. The van der Waals surface area contributed by atoms with Crippen molar-refractivity contribution in [2.24, 2.45) is 0 Å². The lowest BCUT2D eigenvalue weighted by molar-refractivity contribution is 0.628. The van der Waals surface area contributed by atoms with E-state index in [4.69, 9.17) is 11.6 Å². The molecule has 0 atom stereocenters. The molecule has 0 aliphatic heterocycles. The molecule has 0 bridgehead atoms. The normalized spacial score (nSPS) is 10.4. The van der Waals surface area contributed by atoms with Crippen LogP contribution in [-0.4, -0.2) is 9.97 Å². The Labute approximate surface area is 95.9 Å². The number of aromatic amines is 1. The van der Waals surface area contributed by atoms with E-state index in [-0.39, 0.29) is 10.6 Å². The molecule has 0 saturated carbocycles. The average molecular weight is 239 g/mol. The zero-order valence-corrected chi connectivity index (χ0v) is 9.18. The highest BCUT2D eigenvalue weighted by Gasteiger charge is 2.05. The highest BCUT2D eigenvalue weighted by atomic mass is 35.5. The van der Waals surface area contributed by atoms with Crippen LogP contribution in [0.4, 0.5) is 4.39 Å². The van der Waals surface area contributed by atoms with Crippen LogP contribution in [0, 0.1) is 12.7 Å². The number of hydrogen-bond acceptors (Lipinski definition) is 2. The summed E-state index contributed by atoms with van der Waals surface area (Å²) < 4.78 is 13.2. The van der Waals surface area contributed by atoms with Crippen molar-refractivity contribution in [1.29, 1.82) is 0 Å². The quantitative estimate of drug-likeness (QED) is 0.830. The maximum absolute atomic E-state index is 13.2. The molecule has 1 aromatic heterocycles. The van der Waals surface area contributed by atoms with Crippen LogP contribution >= 0.6 is 11.6 Å². The monoisotopic (exact) mass is 238 g/mol. The lowest BCUT2D eigenvalue weighted by atomic mass is 10.2. The second-order valence-corrected chi connectivity index (χ2v) is 3.77. The minimum Gasteiger partial charge on any atom is -0.307 e. The third kappa shape index (κ3) is 2.12. The number of hydrogen-bond donors (Lipinski definition) is 1. The fourth-order valence-corrected chi connectivity index (χ4v) is 1.48. The summed E-state index contributed by atoms with van der Waals surface area (Å²) in [5, 5.41) is 0.0405. The van der Waals surface area contributed by atoms with E-state index in [9.17, 15) is 9.18 Å². The van der Waals surface area contributed by atoms with Gasteiger partial charge in [-0.05, 0) is 25.1 Å². The lowest BCUT2D eigenvalue weighted by Crippen LogP contribution is -2.08. The van der Waals surface area contributed by atoms with Gasteiger partial charge in [0, 0.05) is 17.3 Å². The molecule has 5 heteroatoms. The molecule has 0 spiro atoms. The first-order valence-corrected chi connectivity index (χ1v) is 4.97. The number of nitrogens with one attached hydrogen (secondary N) is 1. The number of benzene rings is 1. The summed E-state index contributed by atoms with van der Waals surface area (Å²) in [5.74, 6) is -0.205. The Kier molecular flexibility index (Phi) is 2.75. The zero-order chi connectivity index (χ0) is 11.7. The van der Waals surface area contributed by atoms with Gasteiger partial charge >= 0.3 is 0 Å². The van der Waals surface area contributed by atoms with Gasteiger partial charge < -0.3 is 4.98 Å². The predicted octanol–water partition coefficient (Wildman–Crippen LogP) is 2.54. The first kappa shape index (κ1) is 10.8. The number of rotatable bonds is 1. The molecule has 0 amide bonds. The van der Waals surface area contributed by atoms with Crippen LogP contribution in [-0.2, 0) is 0 Å². The summed E-state index contributed by atoms with van der Waals surface area (Å²) in [6, 6.07) is 5.63. The smallest absolute Gasteiger partial charge is 0.251 e. The Balaban J connectivity index is 2.58. The van der Waals surface area contributed by atoms with Gasteiger partial charge in [-0.1, -0.05) is 11.6 Å². The van der Waals surface area contributed by atoms with Crippen LogP contribution in [0.3, 0.4) is 0 Å². The minimum atomic E-state index is -0.539. The Morgan fingerprint density at radius 1 is 1.38 bits per heavy atom. The molecule has 0 fully saturated rings. The molecule has 0 radical (unpaired) electrons. The van der Waals surface area contributed by atoms with E-state index in [1.54, 1.807) is 13.0 Å². The van der Waals surface area contributed by atoms with E-state index in [2.05, 4.69) is 9.97 Å². The van der Waals surface area contributed by atoms with Crippen LogP contribution in [0.15, 0.2) is 29.1 Å². The number of aromatic nitrogens is 2. The van der Waals surface area contributed by atoms with Crippen LogP contribution in [0.2, 0.25) is 5.02 Å². The molecule has 0 saturated heterocycles. The summed E-state index contributed by atoms with van der Waals surface area (Å²) >= 11 is 5.56. The lowest BCUT2D eigenvalue weighted by Gasteiger charge is -2.02. The van der Waals surface area contributed by atoms with Gasteiger partial charge in [-0.3, -0.25) is 4.79 Å². The Morgan fingerprint density at radius 3 is 2.75 bits per heavy atom. The van der Waals surface area contributed by atoms with Crippen molar-refractivity contribution in [2.45, 2.75) is 6.92 Å². The number of aryl methyl sites for hydroxylation is 1. The molecule has 0 unspecified atom stereocenters. The third-order valence-corrected chi connectivity index (χ3v) is 2.37. The molecule has 3 nitrogen and oxygen atoms in total. The van der Waals surface area contributed by atoms with Crippen molar-refractivity contribution in [3.8, 4) is 11.4 Å². The van der Waals surface area contributed by atoms with Crippen molar-refractivity contribution in [3.63, 3.8) is 0 Å². The van der Waals surface area contributed by atoms with Gasteiger partial charge in [-0.15, -0.1) is 0 Å². The van der Waals surface area contributed by atoms with Gasteiger partial charge in [0.2, 0.25) is 0 Å². The molecule has 1 heterocycles. The van der Waals surface area contributed by atoms with Crippen molar-refractivity contribution < 1.29 is 4.39 Å². The van der Waals surface area contributed by atoms with E-state index >= 15 is 0 Å². The van der Waals surface area contributed by atoms with Crippen LogP contribution in [0.5, 0.6) is 0 Å². The molecule has 82 valence electrons. The Morgan fingerprint density at radius 2 is 2.12 bits per heavy atom. The second-order valence-electron chi connectivity index (χ2n) is 3.36. The summed E-state index contributed by atoms with van der Waals surface area (Å²) in [5.41, 5.74) is 0.801. The summed E-state index contributed by atoms with van der Waals surface area (Å²) in [4.78, 5) is 17.9. The first-order chi connectivity index (χ1) is 7.56. The van der Waals surface area contributed by atoms with Crippen LogP contribution in [0.1, 0.15) is 5.69 Å². The van der Waals surface area contributed by atoms with Gasteiger partial charge in [0.1, 0.15) is 11.6 Å². The maximum atomic E-state index is 13.2. The Bertz CT molecular complexity index is 595.